The maximum atomic E-state index is 4.64. The third-order valence-electron chi connectivity index (χ3n) is 3.15. The predicted octanol–water partition coefficient (Wildman–Crippen LogP) is 3.72. The van der Waals surface area contributed by atoms with Crippen LogP contribution in [0.4, 0.5) is 5.13 Å². The average Bonchev–Trinajstić information content (AvgIpc) is 3.09. The Morgan fingerprint density at radius 1 is 1.29 bits per heavy atom. The van der Waals surface area contributed by atoms with Crippen molar-refractivity contribution in [2.75, 3.05) is 5.32 Å². The van der Waals surface area contributed by atoms with Crippen LogP contribution in [0.1, 0.15) is 43.3 Å². The van der Waals surface area contributed by atoms with E-state index < -0.39 is 0 Å². The summed E-state index contributed by atoms with van der Waals surface area (Å²) in [6.07, 6.45) is 5.00. The Hall–Kier alpha value is -1.47. The van der Waals surface area contributed by atoms with Crippen molar-refractivity contribution in [3.63, 3.8) is 0 Å². The van der Waals surface area contributed by atoms with Crippen LogP contribution < -0.4 is 5.32 Å². The van der Waals surface area contributed by atoms with Gasteiger partial charge < -0.3 is 5.32 Å². The van der Waals surface area contributed by atoms with Gasteiger partial charge in [0, 0.05) is 16.5 Å². The molecule has 0 fully saturated rings. The van der Waals surface area contributed by atoms with Crippen molar-refractivity contribution in [2.45, 2.75) is 46.1 Å². The summed E-state index contributed by atoms with van der Waals surface area (Å²) in [5.41, 5.74) is 1.12. The first-order chi connectivity index (χ1) is 9.95. The number of imidazole rings is 1. The molecule has 3 aromatic heterocycles. The van der Waals surface area contributed by atoms with Crippen LogP contribution in [0.15, 0.2) is 12.4 Å². The first-order valence-corrected chi connectivity index (χ1v) is 8.63. The molecule has 0 atom stereocenters. The van der Waals surface area contributed by atoms with Crippen molar-refractivity contribution in [1.29, 1.82) is 0 Å². The Labute approximate surface area is 132 Å². The summed E-state index contributed by atoms with van der Waals surface area (Å²) in [7, 11) is 0. The van der Waals surface area contributed by atoms with Crippen LogP contribution in [-0.2, 0) is 18.4 Å². The van der Waals surface area contributed by atoms with Gasteiger partial charge in [-0.1, -0.05) is 39.0 Å². The van der Waals surface area contributed by atoms with E-state index in [1.807, 2.05) is 16.9 Å². The molecule has 3 rings (SSSR count). The van der Waals surface area contributed by atoms with Gasteiger partial charge in [0.15, 0.2) is 0 Å². The van der Waals surface area contributed by atoms with Crippen LogP contribution in [0.2, 0.25) is 0 Å². The third kappa shape index (κ3) is 3.08. The minimum Gasteiger partial charge on any atom is -0.354 e. The van der Waals surface area contributed by atoms with Gasteiger partial charge in [0.2, 0.25) is 10.1 Å². The SMILES string of the molecule is CCc1cnc(CNc2nn3cc(C(C)(C)C)nc3s2)s1. The Balaban J connectivity index is 1.71. The first-order valence-electron chi connectivity index (χ1n) is 7.00. The number of nitrogens with one attached hydrogen (secondary N) is 1. The molecule has 5 nitrogen and oxygen atoms in total. The summed E-state index contributed by atoms with van der Waals surface area (Å²) in [5.74, 6) is 0. The van der Waals surface area contributed by atoms with Gasteiger partial charge >= 0.3 is 0 Å². The molecule has 0 aliphatic heterocycles. The smallest absolute Gasteiger partial charge is 0.214 e. The molecule has 0 amide bonds. The van der Waals surface area contributed by atoms with Crippen LogP contribution in [-0.4, -0.2) is 19.6 Å². The highest BCUT2D eigenvalue weighted by molar-refractivity contribution is 7.20. The van der Waals surface area contributed by atoms with Crippen LogP contribution in [0.5, 0.6) is 0 Å². The molecule has 0 unspecified atom stereocenters. The van der Waals surface area contributed by atoms with Crippen molar-refractivity contribution >= 4 is 32.8 Å². The van der Waals surface area contributed by atoms with Gasteiger partial charge in [-0.15, -0.1) is 16.4 Å². The molecular formula is C14H19N5S2. The van der Waals surface area contributed by atoms with Crippen molar-refractivity contribution in [1.82, 2.24) is 19.6 Å². The fourth-order valence-electron chi connectivity index (χ4n) is 1.88. The molecule has 7 heteroatoms. The largest absolute Gasteiger partial charge is 0.354 e. The van der Waals surface area contributed by atoms with E-state index in [0.717, 1.165) is 27.2 Å². The fourth-order valence-corrected chi connectivity index (χ4v) is 3.46. The number of aromatic nitrogens is 4. The van der Waals surface area contributed by atoms with E-state index in [1.54, 1.807) is 22.7 Å². The molecule has 0 aromatic carbocycles. The second kappa shape index (κ2) is 5.38. The van der Waals surface area contributed by atoms with Gasteiger partial charge in [0.05, 0.1) is 18.4 Å². The minimum atomic E-state index is 0.0540. The molecule has 0 aliphatic rings. The highest BCUT2D eigenvalue weighted by atomic mass is 32.1. The number of nitrogens with zero attached hydrogens (tertiary/aromatic N) is 4. The number of anilines is 1. The third-order valence-corrected chi connectivity index (χ3v) is 5.17. The van der Waals surface area contributed by atoms with Gasteiger partial charge in [0.1, 0.15) is 5.01 Å². The zero-order chi connectivity index (χ0) is 15.0. The fraction of sp³-hybridized carbons (Fsp3) is 0.500. The molecule has 3 aromatic rings. The molecule has 0 aliphatic carbocycles. The molecule has 0 saturated heterocycles. The lowest BCUT2D eigenvalue weighted by atomic mass is 9.93. The number of hydrogen-bond acceptors (Lipinski definition) is 6. The van der Waals surface area contributed by atoms with Crippen LogP contribution in [0.25, 0.3) is 4.96 Å². The zero-order valence-electron chi connectivity index (χ0n) is 12.7. The van der Waals surface area contributed by atoms with Crippen LogP contribution in [0, 0.1) is 0 Å². The highest BCUT2D eigenvalue weighted by Gasteiger charge is 2.19. The van der Waals surface area contributed by atoms with Crippen molar-refractivity contribution in [2.24, 2.45) is 0 Å². The first kappa shape index (κ1) is 14.5. The summed E-state index contributed by atoms with van der Waals surface area (Å²) in [6.45, 7) is 9.34. The van der Waals surface area contributed by atoms with E-state index in [2.05, 4.69) is 48.1 Å². The molecule has 0 saturated carbocycles. The quantitative estimate of drug-likeness (QED) is 0.796. The van der Waals surface area contributed by atoms with Crippen LogP contribution in [0.3, 0.4) is 0 Å². The molecule has 112 valence electrons. The second-order valence-electron chi connectivity index (χ2n) is 5.94. The van der Waals surface area contributed by atoms with E-state index in [1.165, 1.54) is 4.88 Å². The van der Waals surface area contributed by atoms with Gasteiger partial charge in [-0.3, -0.25) is 0 Å². The second-order valence-corrected chi connectivity index (χ2v) is 8.09. The van der Waals surface area contributed by atoms with E-state index in [0.29, 0.717) is 6.54 Å². The summed E-state index contributed by atoms with van der Waals surface area (Å²) in [5, 5.41) is 9.83. The minimum absolute atomic E-state index is 0.0540. The van der Waals surface area contributed by atoms with E-state index >= 15 is 0 Å². The topological polar surface area (TPSA) is 55.1 Å². The molecule has 0 spiro atoms. The maximum absolute atomic E-state index is 4.64. The number of thiazole rings is 1. The molecule has 0 bridgehead atoms. The van der Waals surface area contributed by atoms with Gasteiger partial charge in [0.25, 0.3) is 0 Å². The zero-order valence-corrected chi connectivity index (χ0v) is 14.3. The standard InChI is InChI=1S/C14H19N5S2/c1-5-9-6-15-11(20-9)7-16-12-18-19-8-10(14(2,3)4)17-13(19)21-12/h6,8H,5,7H2,1-4H3,(H,16,18). The number of aryl methyl sites for hydroxylation is 1. The van der Waals surface area contributed by atoms with E-state index in [9.17, 15) is 0 Å². The molecular weight excluding hydrogens is 302 g/mol. The summed E-state index contributed by atoms with van der Waals surface area (Å²) < 4.78 is 1.85. The lowest BCUT2D eigenvalue weighted by Gasteiger charge is -2.13. The van der Waals surface area contributed by atoms with Crippen molar-refractivity contribution in [3.05, 3.63) is 28.0 Å². The number of fused-ring (bicyclic) bond motifs is 1. The average molecular weight is 321 g/mol. The van der Waals surface area contributed by atoms with Gasteiger partial charge in [-0.05, 0) is 6.42 Å². The normalized spacial score (nSPS) is 12.2. The summed E-state index contributed by atoms with van der Waals surface area (Å²) in [4.78, 5) is 11.3. The molecule has 0 radical (unpaired) electrons. The number of rotatable bonds is 4. The highest BCUT2D eigenvalue weighted by Crippen LogP contribution is 2.26. The lowest BCUT2D eigenvalue weighted by molar-refractivity contribution is 0.572. The Kier molecular flexibility index (Phi) is 3.71. The Morgan fingerprint density at radius 3 is 2.71 bits per heavy atom. The van der Waals surface area contributed by atoms with E-state index in [4.69, 9.17) is 0 Å². The monoisotopic (exact) mass is 321 g/mol. The number of hydrogen-bond donors (Lipinski definition) is 1. The Morgan fingerprint density at radius 2 is 2.10 bits per heavy atom. The predicted molar refractivity (Wildman–Crippen MR) is 88.4 cm³/mol. The van der Waals surface area contributed by atoms with Crippen molar-refractivity contribution in [3.8, 4) is 0 Å². The van der Waals surface area contributed by atoms with E-state index in [-0.39, 0.29) is 5.41 Å². The Bertz CT molecular complexity index is 715. The maximum Gasteiger partial charge on any atom is 0.214 e. The summed E-state index contributed by atoms with van der Waals surface area (Å²) >= 11 is 3.32. The molecule has 3 heterocycles. The van der Waals surface area contributed by atoms with Gasteiger partial charge in [-0.2, -0.15) is 0 Å². The summed E-state index contributed by atoms with van der Waals surface area (Å²) in [6, 6.07) is 0. The van der Waals surface area contributed by atoms with Crippen molar-refractivity contribution < 1.29 is 0 Å². The lowest BCUT2D eigenvalue weighted by Crippen LogP contribution is -2.11. The van der Waals surface area contributed by atoms with Gasteiger partial charge in [-0.25, -0.2) is 14.5 Å². The van der Waals surface area contributed by atoms with Crippen LogP contribution >= 0.6 is 22.7 Å². The molecule has 1 N–H and O–H groups in total. The molecule has 21 heavy (non-hydrogen) atoms.